The maximum Gasteiger partial charge on any atom is 0.335 e. The topological polar surface area (TPSA) is 78.7 Å². The molecule has 1 amide bonds. The molecule has 1 fully saturated rings. The fourth-order valence-corrected chi connectivity index (χ4v) is 3.10. The molecule has 3 rings (SSSR count). The Bertz CT molecular complexity index is 816. The molecule has 1 aliphatic heterocycles. The molecule has 1 saturated heterocycles. The molecule has 1 N–H and O–H groups in total. The quantitative estimate of drug-likeness (QED) is 0.830. The van der Waals surface area contributed by atoms with Gasteiger partial charge in [0.05, 0.1) is 18.5 Å². The number of carbonyl (C=O) groups excluding carboxylic acids is 1. The van der Waals surface area contributed by atoms with Gasteiger partial charge in [-0.25, -0.2) is 9.78 Å². The summed E-state index contributed by atoms with van der Waals surface area (Å²) in [6.07, 6.45) is 2.74. The van der Waals surface area contributed by atoms with Gasteiger partial charge in [-0.2, -0.15) is 8.78 Å². The first-order chi connectivity index (χ1) is 12.9. The van der Waals surface area contributed by atoms with Crippen LogP contribution in [0.5, 0.6) is 0 Å². The normalized spacial score (nSPS) is 15.3. The number of carboxylic acids is 1. The van der Waals surface area contributed by atoms with E-state index in [1.54, 1.807) is 17.0 Å². The first-order valence-electron chi connectivity index (χ1n) is 8.56. The third-order valence-corrected chi connectivity index (χ3v) is 4.58. The van der Waals surface area contributed by atoms with Crippen LogP contribution in [-0.4, -0.2) is 62.5 Å². The van der Waals surface area contributed by atoms with E-state index in [0.29, 0.717) is 44.1 Å². The number of carbonyl (C=O) groups is 2. The van der Waals surface area contributed by atoms with Gasteiger partial charge < -0.3 is 10.0 Å². The summed E-state index contributed by atoms with van der Waals surface area (Å²) < 4.78 is 26.6. The van der Waals surface area contributed by atoms with Crippen LogP contribution in [0.1, 0.15) is 28.3 Å². The molecule has 0 bridgehead atoms. The molecule has 0 aliphatic carbocycles. The SMILES string of the molecule is O=C(O)c1cccc(CC(=O)N2CCN(Cc3nccn3C(F)F)CC2)c1. The van der Waals surface area contributed by atoms with Crippen LogP contribution in [0, 0.1) is 0 Å². The molecule has 0 saturated carbocycles. The van der Waals surface area contributed by atoms with Gasteiger partial charge in [-0.1, -0.05) is 12.1 Å². The Hall–Kier alpha value is -2.81. The number of carboxylic acid groups (broad SMARTS) is 1. The van der Waals surface area contributed by atoms with Crippen molar-refractivity contribution in [1.82, 2.24) is 19.4 Å². The van der Waals surface area contributed by atoms with Gasteiger partial charge in [0.1, 0.15) is 5.82 Å². The van der Waals surface area contributed by atoms with E-state index in [1.165, 1.54) is 24.5 Å². The molecule has 0 spiro atoms. The van der Waals surface area contributed by atoms with Crippen molar-refractivity contribution in [3.8, 4) is 0 Å². The van der Waals surface area contributed by atoms with E-state index in [0.717, 1.165) is 4.57 Å². The molecular formula is C18H20F2N4O3. The third kappa shape index (κ3) is 4.68. The molecule has 7 nitrogen and oxygen atoms in total. The van der Waals surface area contributed by atoms with E-state index in [2.05, 4.69) is 4.98 Å². The molecule has 2 aromatic rings. The molecule has 27 heavy (non-hydrogen) atoms. The lowest BCUT2D eigenvalue weighted by Gasteiger charge is -2.34. The number of aromatic nitrogens is 2. The van der Waals surface area contributed by atoms with Crippen LogP contribution < -0.4 is 0 Å². The fraction of sp³-hybridized carbons (Fsp3) is 0.389. The zero-order chi connectivity index (χ0) is 19.4. The minimum Gasteiger partial charge on any atom is -0.478 e. The molecule has 144 valence electrons. The average Bonchev–Trinajstić information content (AvgIpc) is 3.11. The minimum atomic E-state index is -2.62. The zero-order valence-corrected chi connectivity index (χ0v) is 14.6. The van der Waals surface area contributed by atoms with Crippen molar-refractivity contribution in [3.63, 3.8) is 0 Å². The van der Waals surface area contributed by atoms with E-state index < -0.39 is 12.5 Å². The van der Waals surface area contributed by atoms with Crippen molar-refractivity contribution in [1.29, 1.82) is 0 Å². The molecule has 9 heteroatoms. The summed E-state index contributed by atoms with van der Waals surface area (Å²) in [4.78, 5) is 31.1. The van der Waals surface area contributed by atoms with Crippen molar-refractivity contribution >= 4 is 11.9 Å². The van der Waals surface area contributed by atoms with Crippen molar-refractivity contribution in [2.75, 3.05) is 26.2 Å². The molecule has 0 atom stereocenters. The summed E-state index contributed by atoms with van der Waals surface area (Å²) >= 11 is 0. The smallest absolute Gasteiger partial charge is 0.335 e. The lowest BCUT2D eigenvalue weighted by atomic mass is 10.1. The fourth-order valence-electron chi connectivity index (χ4n) is 3.10. The van der Waals surface area contributed by atoms with Gasteiger partial charge in [0.25, 0.3) is 0 Å². The number of halogens is 2. The molecule has 0 radical (unpaired) electrons. The van der Waals surface area contributed by atoms with Crippen LogP contribution in [0.15, 0.2) is 36.7 Å². The van der Waals surface area contributed by atoms with Gasteiger partial charge in [-0.3, -0.25) is 14.3 Å². The van der Waals surface area contributed by atoms with Crippen molar-refractivity contribution in [3.05, 3.63) is 53.6 Å². The van der Waals surface area contributed by atoms with Crippen LogP contribution in [-0.2, 0) is 17.8 Å². The van der Waals surface area contributed by atoms with Gasteiger partial charge in [-0.15, -0.1) is 0 Å². The molecule has 1 aromatic heterocycles. The number of hydrogen-bond donors (Lipinski definition) is 1. The van der Waals surface area contributed by atoms with E-state index in [9.17, 15) is 18.4 Å². The summed E-state index contributed by atoms with van der Waals surface area (Å²) in [5, 5.41) is 9.03. The Morgan fingerprint density at radius 3 is 2.59 bits per heavy atom. The highest BCUT2D eigenvalue weighted by Crippen LogP contribution is 2.15. The highest BCUT2D eigenvalue weighted by Gasteiger charge is 2.23. The Balaban J connectivity index is 1.53. The summed E-state index contributed by atoms with van der Waals surface area (Å²) in [6, 6.07) is 6.33. The van der Waals surface area contributed by atoms with Crippen LogP contribution in [0.25, 0.3) is 0 Å². The number of rotatable bonds is 6. The molecule has 1 aliphatic rings. The number of nitrogens with zero attached hydrogens (tertiary/aromatic N) is 4. The number of piperazine rings is 1. The summed E-state index contributed by atoms with van der Waals surface area (Å²) in [7, 11) is 0. The Kier molecular flexibility index (Phi) is 5.80. The Morgan fingerprint density at radius 2 is 1.93 bits per heavy atom. The van der Waals surface area contributed by atoms with Crippen LogP contribution in [0.3, 0.4) is 0 Å². The number of amides is 1. The molecule has 2 heterocycles. The van der Waals surface area contributed by atoms with Gasteiger partial charge in [0.2, 0.25) is 5.91 Å². The van der Waals surface area contributed by atoms with Gasteiger partial charge in [0.15, 0.2) is 0 Å². The van der Waals surface area contributed by atoms with E-state index in [4.69, 9.17) is 5.11 Å². The van der Waals surface area contributed by atoms with Crippen LogP contribution in [0.2, 0.25) is 0 Å². The highest BCUT2D eigenvalue weighted by atomic mass is 19.3. The maximum atomic E-state index is 12.9. The summed E-state index contributed by atoms with van der Waals surface area (Å²) in [6.45, 7) is -0.194. The van der Waals surface area contributed by atoms with E-state index in [-0.39, 0.29) is 17.9 Å². The molecule has 0 unspecified atom stereocenters. The first-order valence-corrected chi connectivity index (χ1v) is 8.56. The van der Waals surface area contributed by atoms with Crippen LogP contribution >= 0.6 is 0 Å². The first kappa shape index (κ1) is 19.0. The zero-order valence-electron chi connectivity index (χ0n) is 14.6. The number of imidazole rings is 1. The molecular weight excluding hydrogens is 358 g/mol. The second-order valence-corrected chi connectivity index (χ2v) is 6.37. The van der Waals surface area contributed by atoms with Gasteiger partial charge >= 0.3 is 12.5 Å². The second kappa shape index (κ2) is 8.26. The largest absolute Gasteiger partial charge is 0.478 e. The third-order valence-electron chi connectivity index (χ3n) is 4.58. The number of benzene rings is 1. The van der Waals surface area contributed by atoms with Crippen molar-refractivity contribution < 1.29 is 23.5 Å². The number of hydrogen-bond acceptors (Lipinski definition) is 4. The predicted octanol–water partition coefficient (Wildman–Crippen LogP) is 1.86. The highest BCUT2D eigenvalue weighted by molar-refractivity contribution is 5.88. The second-order valence-electron chi connectivity index (χ2n) is 6.37. The summed E-state index contributed by atoms with van der Waals surface area (Å²) in [5.41, 5.74) is 0.806. The number of alkyl halides is 2. The lowest BCUT2D eigenvalue weighted by Crippen LogP contribution is -2.49. The Morgan fingerprint density at radius 1 is 1.19 bits per heavy atom. The number of aromatic carboxylic acids is 1. The minimum absolute atomic E-state index is 0.0775. The molecule has 1 aromatic carbocycles. The van der Waals surface area contributed by atoms with Gasteiger partial charge in [-0.05, 0) is 17.7 Å². The lowest BCUT2D eigenvalue weighted by molar-refractivity contribution is -0.132. The maximum absolute atomic E-state index is 12.9. The van der Waals surface area contributed by atoms with Gasteiger partial charge in [0, 0.05) is 38.6 Å². The standard InChI is InChI=1S/C18H20F2N4O3/c19-18(20)24-5-4-21-15(24)12-22-6-8-23(9-7-22)16(25)11-13-2-1-3-14(10-13)17(26)27/h1-5,10,18H,6-9,11-12H2,(H,26,27). The predicted molar refractivity (Wildman–Crippen MR) is 92.4 cm³/mol. The van der Waals surface area contributed by atoms with E-state index in [1.807, 2.05) is 4.90 Å². The summed E-state index contributed by atoms with van der Waals surface area (Å²) in [5.74, 6) is -0.804. The van der Waals surface area contributed by atoms with Crippen molar-refractivity contribution in [2.24, 2.45) is 0 Å². The van der Waals surface area contributed by atoms with Crippen molar-refractivity contribution in [2.45, 2.75) is 19.5 Å². The Labute approximate surface area is 154 Å². The average molecular weight is 378 g/mol. The van der Waals surface area contributed by atoms with Crippen LogP contribution in [0.4, 0.5) is 8.78 Å². The van der Waals surface area contributed by atoms with E-state index >= 15 is 0 Å². The monoisotopic (exact) mass is 378 g/mol.